The molecular weight excluding hydrogens is 436 g/mol. The molecule has 0 spiro atoms. The number of carbonyl (C=O) groups excluding carboxylic acids is 3. The number of carbonyl (C=O) groups is 4. The van der Waals surface area contributed by atoms with Crippen LogP contribution in [-0.2, 0) is 14.4 Å². The molecule has 9 heteroatoms. The van der Waals surface area contributed by atoms with Crippen LogP contribution < -0.4 is 16.0 Å². The molecule has 4 amide bonds. The Balaban J connectivity index is 1.36. The molecule has 0 aromatic heterocycles. The van der Waals surface area contributed by atoms with Crippen LogP contribution in [0.4, 0.5) is 4.79 Å². The lowest BCUT2D eigenvalue weighted by atomic mass is 9.86. The van der Waals surface area contributed by atoms with Gasteiger partial charge in [-0.15, -0.1) is 0 Å². The normalized spacial score (nSPS) is 29.3. The first-order valence-electron chi connectivity index (χ1n) is 13.2. The van der Waals surface area contributed by atoms with Crippen LogP contribution in [0.5, 0.6) is 0 Å². The molecule has 0 radical (unpaired) electrons. The number of rotatable bonds is 9. The summed E-state index contributed by atoms with van der Waals surface area (Å²) in [7, 11) is 0. The van der Waals surface area contributed by atoms with Crippen LogP contribution in [0.1, 0.15) is 96.8 Å². The predicted octanol–water partition coefficient (Wildman–Crippen LogP) is 2.93. The minimum atomic E-state index is -0.852. The Labute approximate surface area is 202 Å². The summed E-state index contributed by atoms with van der Waals surface area (Å²) in [6, 6.07) is -0.0399. The van der Waals surface area contributed by atoms with Crippen molar-refractivity contribution in [1.29, 1.82) is 0 Å². The first-order chi connectivity index (χ1) is 16.3. The predicted molar refractivity (Wildman–Crippen MR) is 128 cm³/mol. The van der Waals surface area contributed by atoms with Crippen molar-refractivity contribution in [2.24, 2.45) is 5.92 Å². The highest BCUT2D eigenvalue weighted by Crippen LogP contribution is 2.25. The van der Waals surface area contributed by atoms with E-state index in [2.05, 4.69) is 22.9 Å². The van der Waals surface area contributed by atoms with Gasteiger partial charge in [0.1, 0.15) is 6.04 Å². The van der Waals surface area contributed by atoms with Gasteiger partial charge in [0, 0.05) is 37.5 Å². The van der Waals surface area contributed by atoms with E-state index in [1.807, 2.05) is 0 Å². The third-order valence-corrected chi connectivity index (χ3v) is 7.74. The molecule has 0 aromatic carbocycles. The molecule has 34 heavy (non-hydrogen) atoms. The molecule has 3 fully saturated rings. The molecule has 4 N–H and O–H groups in total. The summed E-state index contributed by atoms with van der Waals surface area (Å²) in [6.07, 6.45) is 10.8. The van der Waals surface area contributed by atoms with Crippen molar-refractivity contribution in [3.63, 3.8) is 0 Å². The van der Waals surface area contributed by atoms with Gasteiger partial charge >= 0.3 is 12.0 Å². The van der Waals surface area contributed by atoms with Gasteiger partial charge in [-0.1, -0.05) is 19.8 Å². The number of urea groups is 1. The van der Waals surface area contributed by atoms with Crippen LogP contribution in [0.3, 0.4) is 0 Å². The smallest absolute Gasteiger partial charge is 0.315 e. The molecule has 2 saturated carbocycles. The van der Waals surface area contributed by atoms with Gasteiger partial charge in [-0.05, 0) is 70.1 Å². The second kappa shape index (κ2) is 13.0. The van der Waals surface area contributed by atoms with Gasteiger partial charge in [0.05, 0.1) is 0 Å². The molecule has 3 unspecified atom stereocenters. The summed E-state index contributed by atoms with van der Waals surface area (Å²) in [5.41, 5.74) is 0. The molecule has 1 heterocycles. The van der Waals surface area contributed by atoms with Crippen LogP contribution in [-0.4, -0.2) is 64.5 Å². The molecule has 9 nitrogen and oxygen atoms in total. The Hall–Kier alpha value is -2.32. The van der Waals surface area contributed by atoms with Crippen molar-refractivity contribution in [3.05, 3.63) is 0 Å². The van der Waals surface area contributed by atoms with Gasteiger partial charge in [-0.25, -0.2) is 4.79 Å². The van der Waals surface area contributed by atoms with Gasteiger partial charge in [-0.3, -0.25) is 14.4 Å². The number of carboxylic acids is 1. The van der Waals surface area contributed by atoms with E-state index in [-0.39, 0.29) is 48.8 Å². The number of aliphatic carboxylic acids is 1. The fraction of sp³-hybridized carbons (Fsp3) is 0.840. The molecule has 3 aliphatic rings. The summed E-state index contributed by atoms with van der Waals surface area (Å²) in [5, 5.41) is 18.1. The van der Waals surface area contributed by atoms with Crippen molar-refractivity contribution in [2.75, 3.05) is 6.54 Å². The maximum absolute atomic E-state index is 12.9. The fourth-order valence-electron chi connectivity index (χ4n) is 5.64. The molecular formula is C25H42N4O5. The quantitative estimate of drug-likeness (QED) is 0.379. The van der Waals surface area contributed by atoms with Crippen LogP contribution in [0.25, 0.3) is 0 Å². The second-order valence-electron chi connectivity index (χ2n) is 10.4. The number of carboxylic acid groups (broad SMARTS) is 1. The number of likely N-dealkylation sites (tertiary alicyclic amines) is 1. The summed E-state index contributed by atoms with van der Waals surface area (Å²) >= 11 is 0. The molecule has 2 aliphatic carbocycles. The van der Waals surface area contributed by atoms with Gasteiger partial charge in [0.25, 0.3) is 0 Å². The number of nitrogens with one attached hydrogen (secondary N) is 3. The first-order valence-corrected chi connectivity index (χ1v) is 13.2. The lowest BCUT2D eigenvalue weighted by Gasteiger charge is -2.33. The standard InChI is InChI=1S/C25H42N4O5/c1-17-7-2-3-8-20(17)28-25(34)27-19-14-12-18(13-15-19)26-24(33)21-9-6-16-29(21)22(30)10-4-5-11-23(31)32/h17-21H,2-16H2,1H3,(H,26,33)(H,31,32)(H2,27,28,34). The van der Waals surface area contributed by atoms with E-state index in [0.717, 1.165) is 38.5 Å². The molecule has 1 saturated heterocycles. The first kappa shape index (κ1) is 26.3. The van der Waals surface area contributed by atoms with E-state index in [4.69, 9.17) is 5.11 Å². The minimum absolute atomic E-state index is 0.0609. The van der Waals surface area contributed by atoms with Crippen molar-refractivity contribution in [2.45, 2.75) is 121 Å². The topological polar surface area (TPSA) is 128 Å². The van der Waals surface area contributed by atoms with E-state index in [1.165, 1.54) is 19.3 Å². The minimum Gasteiger partial charge on any atom is -0.481 e. The van der Waals surface area contributed by atoms with Crippen LogP contribution in [0, 0.1) is 5.92 Å². The van der Waals surface area contributed by atoms with Crippen LogP contribution in [0.2, 0.25) is 0 Å². The van der Waals surface area contributed by atoms with E-state index < -0.39 is 12.0 Å². The molecule has 3 rings (SSSR count). The lowest BCUT2D eigenvalue weighted by molar-refractivity contribution is -0.139. The zero-order valence-corrected chi connectivity index (χ0v) is 20.5. The average Bonchev–Trinajstić information content (AvgIpc) is 3.30. The summed E-state index contributed by atoms with van der Waals surface area (Å²) in [5.74, 6) is -0.474. The van der Waals surface area contributed by atoms with E-state index >= 15 is 0 Å². The Morgan fingerprint density at radius 1 is 0.794 bits per heavy atom. The van der Waals surface area contributed by atoms with Crippen LogP contribution in [0.15, 0.2) is 0 Å². The largest absolute Gasteiger partial charge is 0.481 e. The van der Waals surface area contributed by atoms with Gasteiger partial charge in [0.2, 0.25) is 11.8 Å². The number of hydrogen-bond donors (Lipinski definition) is 4. The van der Waals surface area contributed by atoms with Crippen molar-refractivity contribution in [3.8, 4) is 0 Å². The fourth-order valence-corrected chi connectivity index (χ4v) is 5.64. The number of unbranched alkanes of at least 4 members (excludes halogenated alkanes) is 1. The highest BCUT2D eigenvalue weighted by molar-refractivity contribution is 5.88. The third kappa shape index (κ3) is 7.87. The molecule has 0 aromatic rings. The van der Waals surface area contributed by atoms with E-state index in [0.29, 0.717) is 31.7 Å². The Bertz CT molecular complexity index is 722. The maximum atomic E-state index is 12.9. The van der Waals surface area contributed by atoms with Gasteiger partial charge in [0.15, 0.2) is 0 Å². The van der Waals surface area contributed by atoms with Crippen LogP contribution >= 0.6 is 0 Å². The van der Waals surface area contributed by atoms with E-state index in [1.54, 1.807) is 4.90 Å². The summed E-state index contributed by atoms with van der Waals surface area (Å²) < 4.78 is 0. The van der Waals surface area contributed by atoms with E-state index in [9.17, 15) is 19.2 Å². The maximum Gasteiger partial charge on any atom is 0.315 e. The molecule has 3 atom stereocenters. The van der Waals surface area contributed by atoms with Gasteiger partial charge in [-0.2, -0.15) is 0 Å². The SMILES string of the molecule is CC1CCCCC1NC(=O)NC1CCC(NC(=O)C2CCCN2C(=O)CCCCC(=O)O)CC1. The number of hydrogen-bond acceptors (Lipinski definition) is 4. The highest BCUT2D eigenvalue weighted by atomic mass is 16.4. The number of nitrogens with zero attached hydrogens (tertiary/aromatic N) is 1. The Kier molecular flexibility index (Phi) is 10.0. The second-order valence-corrected chi connectivity index (χ2v) is 10.4. The average molecular weight is 479 g/mol. The zero-order chi connectivity index (χ0) is 24.5. The Morgan fingerprint density at radius 2 is 1.44 bits per heavy atom. The van der Waals surface area contributed by atoms with Gasteiger partial charge < -0.3 is 26.0 Å². The zero-order valence-electron chi connectivity index (χ0n) is 20.5. The lowest BCUT2D eigenvalue weighted by Crippen LogP contribution is -2.52. The summed E-state index contributed by atoms with van der Waals surface area (Å²) in [4.78, 5) is 50.2. The van der Waals surface area contributed by atoms with Crippen molar-refractivity contribution < 1.29 is 24.3 Å². The molecule has 1 aliphatic heterocycles. The monoisotopic (exact) mass is 478 g/mol. The van der Waals surface area contributed by atoms with Crippen molar-refractivity contribution >= 4 is 23.8 Å². The molecule has 0 bridgehead atoms. The third-order valence-electron chi connectivity index (χ3n) is 7.74. The number of amides is 4. The Morgan fingerprint density at radius 3 is 2.12 bits per heavy atom. The van der Waals surface area contributed by atoms with Crippen molar-refractivity contribution in [1.82, 2.24) is 20.9 Å². The summed E-state index contributed by atoms with van der Waals surface area (Å²) in [6.45, 7) is 2.79. The molecule has 192 valence electrons. The highest BCUT2D eigenvalue weighted by Gasteiger charge is 2.35.